The lowest BCUT2D eigenvalue weighted by Crippen LogP contribution is -2.44. The van der Waals surface area contributed by atoms with Crippen LogP contribution in [0.5, 0.6) is 0 Å². The third-order valence-electron chi connectivity index (χ3n) is 4.72. The Balaban J connectivity index is 1.24. The third-order valence-corrected chi connectivity index (χ3v) is 5.81. The van der Waals surface area contributed by atoms with Crippen LogP contribution in [-0.2, 0) is 6.42 Å². The smallest absolute Gasteiger partial charge is 0.317 e. The number of carbonyl (C=O) groups excluding carboxylic acids is 1. The van der Waals surface area contributed by atoms with Gasteiger partial charge in [-0.2, -0.15) is 5.10 Å². The summed E-state index contributed by atoms with van der Waals surface area (Å²) in [6, 6.07) is 8.13. The highest BCUT2D eigenvalue weighted by Crippen LogP contribution is 2.25. The second kappa shape index (κ2) is 7.41. The number of piperidine rings is 1. The molecular formula is C18H22N6OS. The zero-order valence-electron chi connectivity index (χ0n) is 14.7. The maximum Gasteiger partial charge on any atom is 0.317 e. The number of aryl methyl sites for hydroxylation is 1. The highest BCUT2D eigenvalue weighted by atomic mass is 32.1. The summed E-state index contributed by atoms with van der Waals surface area (Å²) in [5, 5.41) is 11.2. The van der Waals surface area contributed by atoms with Gasteiger partial charge in [-0.3, -0.25) is 5.10 Å². The molecule has 1 saturated heterocycles. The van der Waals surface area contributed by atoms with Gasteiger partial charge in [0.25, 0.3) is 0 Å². The monoisotopic (exact) mass is 370 g/mol. The summed E-state index contributed by atoms with van der Waals surface area (Å²) in [5.74, 6) is 2.06. The van der Waals surface area contributed by atoms with Crippen LogP contribution in [0.15, 0.2) is 24.3 Å². The normalized spacial score (nSPS) is 15.5. The van der Waals surface area contributed by atoms with Gasteiger partial charge in [-0.25, -0.2) is 14.8 Å². The number of fused-ring (bicyclic) bond motifs is 1. The van der Waals surface area contributed by atoms with Crippen LogP contribution in [0.1, 0.15) is 35.4 Å². The van der Waals surface area contributed by atoms with Gasteiger partial charge in [0.1, 0.15) is 5.82 Å². The molecule has 3 heterocycles. The van der Waals surface area contributed by atoms with E-state index in [1.165, 1.54) is 4.70 Å². The van der Waals surface area contributed by atoms with Crippen molar-refractivity contribution in [3.63, 3.8) is 0 Å². The largest absolute Gasteiger partial charge is 0.338 e. The van der Waals surface area contributed by atoms with Crippen molar-refractivity contribution < 1.29 is 4.79 Å². The van der Waals surface area contributed by atoms with Crippen molar-refractivity contribution in [2.75, 3.05) is 19.6 Å². The Kier molecular flexibility index (Phi) is 4.83. The molecule has 0 saturated carbocycles. The molecule has 0 spiro atoms. The number of nitrogens with one attached hydrogen (secondary N) is 2. The van der Waals surface area contributed by atoms with Crippen molar-refractivity contribution >= 4 is 27.6 Å². The summed E-state index contributed by atoms with van der Waals surface area (Å²) < 4.78 is 1.19. The van der Waals surface area contributed by atoms with Gasteiger partial charge in [0.2, 0.25) is 0 Å². The van der Waals surface area contributed by atoms with E-state index in [-0.39, 0.29) is 6.03 Å². The SMILES string of the molecule is Cc1nc(C2CCN(C(=O)NCCc3nc4ccccc4s3)CC2)n[nH]1. The Labute approximate surface area is 155 Å². The van der Waals surface area contributed by atoms with Gasteiger partial charge < -0.3 is 10.2 Å². The predicted octanol–water partition coefficient (Wildman–Crippen LogP) is 2.85. The third kappa shape index (κ3) is 3.70. The minimum Gasteiger partial charge on any atom is -0.338 e. The van der Waals surface area contributed by atoms with E-state index in [1.54, 1.807) is 11.3 Å². The molecule has 2 N–H and O–H groups in total. The van der Waals surface area contributed by atoms with Crippen LogP contribution in [0.3, 0.4) is 0 Å². The van der Waals surface area contributed by atoms with Crippen LogP contribution in [0, 0.1) is 6.92 Å². The van der Waals surface area contributed by atoms with Crippen molar-refractivity contribution in [3.8, 4) is 0 Å². The number of hydrogen-bond acceptors (Lipinski definition) is 5. The minimum absolute atomic E-state index is 0.00993. The predicted molar refractivity (Wildman–Crippen MR) is 101 cm³/mol. The number of carbonyl (C=O) groups is 1. The molecule has 3 aromatic rings. The molecule has 1 aliphatic rings. The summed E-state index contributed by atoms with van der Waals surface area (Å²) in [6.07, 6.45) is 2.57. The molecule has 0 unspecified atom stereocenters. The zero-order chi connectivity index (χ0) is 17.9. The van der Waals surface area contributed by atoms with Crippen molar-refractivity contribution in [1.82, 2.24) is 30.4 Å². The van der Waals surface area contributed by atoms with Crippen molar-refractivity contribution in [2.45, 2.75) is 32.1 Å². The Morgan fingerprint density at radius 1 is 1.31 bits per heavy atom. The molecule has 0 radical (unpaired) electrons. The Morgan fingerprint density at radius 3 is 2.85 bits per heavy atom. The molecule has 4 rings (SSSR count). The number of aromatic amines is 1. The van der Waals surface area contributed by atoms with Gasteiger partial charge in [0, 0.05) is 32.0 Å². The molecule has 1 aromatic carbocycles. The Morgan fingerprint density at radius 2 is 2.12 bits per heavy atom. The van der Waals surface area contributed by atoms with Crippen LogP contribution in [-0.4, -0.2) is 50.7 Å². The first-order valence-corrected chi connectivity index (χ1v) is 9.77. The molecule has 1 aliphatic heterocycles. The van der Waals surface area contributed by atoms with Gasteiger partial charge >= 0.3 is 6.03 Å². The van der Waals surface area contributed by atoms with Crippen LogP contribution in [0.25, 0.3) is 10.2 Å². The molecular weight excluding hydrogens is 348 g/mol. The van der Waals surface area contributed by atoms with Crippen molar-refractivity contribution in [3.05, 3.63) is 40.9 Å². The molecule has 0 aliphatic carbocycles. The second-order valence-electron chi connectivity index (χ2n) is 6.60. The quantitative estimate of drug-likeness (QED) is 0.739. The summed E-state index contributed by atoms with van der Waals surface area (Å²) in [4.78, 5) is 23.3. The van der Waals surface area contributed by atoms with E-state index in [0.717, 1.165) is 54.5 Å². The zero-order valence-corrected chi connectivity index (χ0v) is 15.6. The lowest BCUT2D eigenvalue weighted by Gasteiger charge is -2.30. The molecule has 136 valence electrons. The Hall–Kier alpha value is -2.48. The Bertz CT molecular complexity index is 863. The number of H-pyrrole nitrogens is 1. The molecule has 1 fully saturated rings. The number of urea groups is 1. The van der Waals surface area contributed by atoms with Gasteiger partial charge in [-0.1, -0.05) is 12.1 Å². The number of aromatic nitrogens is 4. The molecule has 0 atom stereocenters. The van der Waals surface area contributed by atoms with E-state index in [9.17, 15) is 4.79 Å². The first-order valence-electron chi connectivity index (χ1n) is 8.95. The van der Waals surface area contributed by atoms with Crippen LogP contribution in [0.2, 0.25) is 0 Å². The standard InChI is InChI=1S/C18H22N6OS/c1-12-20-17(23-22-12)13-7-10-24(11-8-13)18(25)19-9-6-16-21-14-4-2-3-5-15(14)26-16/h2-5,13H,6-11H2,1H3,(H,19,25)(H,20,22,23). The lowest BCUT2D eigenvalue weighted by atomic mass is 9.96. The van der Waals surface area contributed by atoms with E-state index in [2.05, 4.69) is 31.5 Å². The molecule has 26 heavy (non-hydrogen) atoms. The molecule has 0 bridgehead atoms. The lowest BCUT2D eigenvalue weighted by molar-refractivity contribution is 0.180. The van der Waals surface area contributed by atoms with Crippen molar-refractivity contribution in [1.29, 1.82) is 0 Å². The summed E-state index contributed by atoms with van der Waals surface area (Å²) >= 11 is 1.69. The van der Waals surface area contributed by atoms with E-state index in [1.807, 2.05) is 30.0 Å². The number of thiazole rings is 1. The number of likely N-dealkylation sites (tertiary alicyclic amines) is 1. The fourth-order valence-corrected chi connectivity index (χ4v) is 4.27. The minimum atomic E-state index is 0.00993. The van der Waals surface area contributed by atoms with Crippen molar-refractivity contribution in [2.24, 2.45) is 0 Å². The molecule has 2 amide bonds. The maximum atomic E-state index is 12.4. The topological polar surface area (TPSA) is 86.8 Å². The first-order chi connectivity index (χ1) is 12.7. The van der Waals surface area contributed by atoms with E-state index in [4.69, 9.17) is 0 Å². The number of benzene rings is 1. The van der Waals surface area contributed by atoms with Crippen LogP contribution < -0.4 is 5.32 Å². The van der Waals surface area contributed by atoms with E-state index in [0.29, 0.717) is 12.5 Å². The number of rotatable bonds is 4. The number of amides is 2. The van der Waals surface area contributed by atoms with E-state index >= 15 is 0 Å². The number of nitrogens with zero attached hydrogens (tertiary/aromatic N) is 4. The summed E-state index contributed by atoms with van der Waals surface area (Å²) in [7, 11) is 0. The maximum absolute atomic E-state index is 12.4. The average molecular weight is 370 g/mol. The summed E-state index contributed by atoms with van der Waals surface area (Å²) in [5.41, 5.74) is 1.03. The van der Waals surface area contributed by atoms with Gasteiger partial charge in [-0.05, 0) is 31.9 Å². The number of para-hydroxylation sites is 1. The average Bonchev–Trinajstić information content (AvgIpc) is 3.27. The van der Waals surface area contributed by atoms with Gasteiger partial charge in [0.15, 0.2) is 5.82 Å². The molecule has 8 heteroatoms. The molecule has 2 aromatic heterocycles. The van der Waals surface area contributed by atoms with Crippen LogP contribution in [0.4, 0.5) is 4.79 Å². The van der Waals surface area contributed by atoms with E-state index < -0.39 is 0 Å². The second-order valence-corrected chi connectivity index (χ2v) is 7.71. The van der Waals surface area contributed by atoms with Crippen LogP contribution >= 0.6 is 11.3 Å². The highest BCUT2D eigenvalue weighted by molar-refractivity contribution is 7.18. The first kappa shape index (κ1) is 17.0. The van der Waals surface area contributed by atoms with Gasteiger partial charge in [0.05, 0.1) is 15.2 Å². The van der Waals surface area contributed by atoms with Gasteiger partial charge in [-0.15, -0.1) is 11.3 Å². The molecule has 7 nitrogen and oxygen atoms in total. The highest BCUT2D eigenvalue weighted by Gasteiger charge is 2.25. The fourth-order valence-electron chi connectivity index (χ4n) is 3.30. The number of hydrogen-bond donors (Lipinski definition) is 2. The fraction of sp³-hybridized carbons (Fsp3) is 0.444. The summed E-state index contributed by atoms with van der Waals surface area (Å²) in [6.45, 7) is 4.00.